The summed E-state index contributed by atoms with van der Waals surface area (Å²) in [6.45, 7) is 34.4. The normalized spacial score (nSPS) is 22.8. The van der Waals surface area contributed by atoms with Gasteiger partial charge in [-0.2, -0.15) is 0 Å². The fourth-order valence-corrected chi connectivity index (χ4v) is 10.9. The van der Waals surface area contributed by atoms with Gasteiger partial charge in [-0.05, 0) is 174 Å². The van der Waals surface area contributed by atoms with Crippen molar-refractivity contribution in [1.82, 2.24) is 15.1 Å². The van der Waals surface area contributed by atoms with Gasteiger partial charge in [-0.25, -0.2) is 9.59 Å². The molecule has 3 amide bonds. The van der Waals surface area contributed by atoms with Gasteiger partial charge in [0, 0.05) is 0 Å². The second-order valence-corrected chi connectivity index (χ2v) is 26.7. The van der Waals surface area contributed by atoms with E-state index in [-0.39, 0.29) is 84.0 Å². The number of esters is 2. The van der Waals surface area contributed by atoms with Crippen LogP contribution in [0.4, 0.5) is 0 Å². The van der Waals surface area contributed by atoms with Crippen molar-refractivity contribution in [3.63, 3.8) is 0 Å². The molecule has 418 valence electrons. The van der Waals surface area contributed by atoms with Gasteiger partial charge in [0.25, 0.3) is 5.91 Å². The molecule has 0 radical (unpaired) electrons. The molecule has 0 aromatic heterocycles. The van der Waals surface area contributed by atoms with Crippen LogP contribution in [0.5, 0.6) is 0 Å². The number of rotatable bonds is 12. The molecule has 13 heteroatoms. The number of hydrogen-bond acceptors (Lipinski definition) is 8. The van der Waals surface area contributed by atoms with Gasteiger partial charge in [0.2, 0.25) is 0 Å². The summed E-state index contributed by atoms with van der Waals surface area (Å²) in [6.07, 6.45) is 12.1. The number of benzene rings is 2. The van der Waals surface area contributed by atoms with Crippen LogP contribution in [0, 0.1) is 33.5 Å². The van der Waals surface area contributed by atoms with Gasteiger partial charge in [-0.3, -0.25) is 19.4 Å². The molecule has 0 unspecified atom stereocenters. The van der Waals surface area contributed by atoms with Gasteiger partial charge < -0.3 is 24.6 Å². The summed E-state index contributed by atoms with van der Waals surface area (Å²) < 4.78 is 10.7. The maximum absolute atomic E-state index is 13.3. The Hall–Kier alpha value is -3.96. The van der Waals surface area contributed by atoms with Crippen molar-refractivity contribution < 1.29 is 33.4 Å². The zero-order valence-corrected chi connectivity index (χ0v) is 48.3. The van der Waals surface area contributed by atoms with E-state index >= 15 is 0 Å². The summed E-state index contributed by atoms with van der Waals surface area (Å²) in [4.78, 5) is 72.8. The first kappa shape index (κ1) is 66.2. The second-order valence-electron chi connectivity index (χ2n) is 25.9. The van der Waals surface area contributed by atoms with E-state index in [4.69, 9.17) is 37.7 Å². The van der Waals surface area contributed by atoms with Crippen molar-refractivity contribution in [1.29, 1.82) is 0 Å². The second kappa shape index (κ2) is 26.9. The van der Waals surface area contributed by atoms with Crippen LogP contribution >= 0.6 is 23.2 Å². The lowest BCUT2D eigenvalue weighted by Crippen LogP contribution is -2.56. The number of ether oxygens (including phenoxy) is 2. The number of aliphatic imine (C=N–C) groups is 1. The molecule has 2 spiro atoms. The lowest BCUT2D eigenvalue weighted by Gasteiger charge is -2.48. The first-order valence-electron chi connectivity index (χ1n) is 26.5. The fourth-order valence-electron chi connectivity index (χ4n) is 10.9. The van der Waals surface area contributed by atoms with Crippen molar-refractivity contribution in [3.8, 4) is 0 Å². The zero-order valence-electron chi connectivity index (χ0n) is 46.8. The molecule has 3 fully saturated rings. The van der Waals surface area contributed by atoms with Crippen LogP contribution in [-0.4, -0.2) is 74.5 Å². The molecular weight excluding hydrogens is 972 g/mol. The average Bonchev–Trinajstić information content (AvgIpc) is 3.70. The topological polar surface area (TPSA) is 135 Å². The lowest BCUT2D eigenvalue weighted by molar-refractivity contribution is -0.144. The molecule has 6 rings (SSSR count). The molecule has 2 aliphatic heterocycles. The van der Waals surface area contributed by atoms with E-state index in [1.807, 2.05) is 69.0 Å². The Morgan fingerprint density at radius 3 is 1.31 bits per heavy atom. The van der Waals surface area contributed by atoms with E-state index in [0.29, 0.717) is 23.0 Å². The number of nitrogens with zero attached hydrogens (tertiary/aromatic N) is 3. The van der Waals surface area contributed by atoms with E-state index in [2.05, 4.69) is 93.3 Å². The van der Waals surface area contributed by atoms with E-state index in [9.17, 15) is 24.0 Å². The molecule has 4 aliphatic rings. The predicted octanol–water partition coefficient (Wildman–Crippen LogP) is 15.7. The van der Waals surface area contributed by atoms with Crippen molar-refractivity contribution in [3.05, 3.63) is 70.8 Å². The molecule has 2 atom stereocenters. The Morgan fingerprint density at radius 2 is 0.973 bits per heavy atom. The minimum atomic E-state index is -0.645. The van der Waals surface area contributed by atoms with Crippen molar-refractivity contribution in [2.24, 2.45) is 38.5 Å². The number of alkyl halides is 2. The van der Waals surface area contributed by atoms with Gasteiger partial charge in [-0.1, -0.05) is 122 Å². The van der Waals surface area contributed by atoms with Gasteiger partial charge >= 0.3 is 23.8 Å². The summed E-state index contributed by atoms with van der Waals surface area (Å²) in [7, 11) is 0. The van der Waals surface area contributed by atoms with Crippen molar-refractivity contribution in [2.75, 3.05) is 5.34 Å². The Kier molecular flexibility index (Phi) is 24.0. The molecule has 2 aromatic carbocycles. The molecule has 1 N–H and O–H groups in total. The quantitative estimate of drug-likeness (QED) is 0.127. The molecule has 11 nitrogen and oxygen atoms in total. The van der Waals surface area contributed by atoms with Crippen LogP contribution in [0.15, 0.2) is 53.5 Å². The van der Waals surface area contributed by atoms with Gasteiger partial charge in [-0.15, -0.1) is 23.2 Å². The Bertz CT molecular complexity index is 2160. The summed E-state index contributed by atoms with van der Waals surface area (Å²) in [5, 5.41) is 3.30. The zero-order chi connectivity index (χ0) is 54.2. The Labute approximate surface area is 458 Å². The predicted molar refractivity (Wildman–Crippen MR) is 305 cm³/mol. The summed E-state index contributed by atoms with van der Waals surface area (Å²) in [6, 6.07) is 14.7. The number of amides is 3. The number of carbonyl (C=O) groups is 5. The molecule has 74 heavy (non-hydrogen) atoms. The van der Waals surface area contributed by atoms with E-state index in [0.717, 1.165) is 88.2 Å². The van der Waals surface area contributed by atoms with Gasteiger partial charge in [0.1, 0.15) is 11.3 Å². The highest BCUT2D eigenvalue weighted by Gasteiger charge is 2.55. The highest BCUT2D eigenvalue weighted by atomic mass is 35.5. The number of carbonyl (C=O) groups excluding carboxylic acids is 5. The molecule has 0 bridgehead atoms. The minimum Gasteiger partial charge on any atom is -0.459 e. The number of hydrogen-bond donors (Lipinski definition) is 1. The first-order valence-corrected chi connectivity index (χ1v) is 27.6. The van der Waals surface area contributed by atoms with Crippen LogP contribution in [0.3, 0.4) is 0 Å². The highest BCUT2D eigenvalue weighted by molar-refractivity contribution is 6.40. The summed E-state index contributed by atoms with van der Waals surface area (Å²) in [5.74, 6) is -0.406. The van der Waals surface area contributed by atoms with Crippen LogP contribution in [-0.2, 0) is 23.9 Å². The third kappa shape index (κ3) is 17.8. The van der Waals surface area contributed by atoms with E-state index in [1.54, 1.807) is 18.3 Å². The first-order chi connectivity index (χ1) is 33.3. The van der Waals surface area contributed by atoms with Crippen LogP contribution in [0.1, 0.15) is 247 Å². The third-order valence-electron chi connectivity index (χ3n) is 15.1. The summed E-state index contributed by atoms with van der Waals surface area (Å²) >= 11 is 9.53. The van der Waals surface area contributed by atoms with Crippen LogP contribution in [0.25, 0.3) is 0 Å². The maximum atomic E-state index is 13.3. The monoisotopic (exact) mass is 1070 g/mol. The molecular formula is C61H98Cl2N4O7. The third-order valence-corrected chi connectivity index (χ3v) is 15.1. The Morgan fingerprint density at radius 1 is 0.622 bits per heavy atom. The van der Waals surface area contributed by atoms with E-state index in [1.165, 1.54) is 0 Å². The minimum absolute atomic E-state index is 0. The van der Waals surface area contributed by atoms with Gasteiger partial charge in [0.15, 0.2) is 0 Å². The summed E-state index contributed by atoms with van der Waals surface area (Å²) in [5.41, 5.74) is 2.63. The maximum Gasteiger partial charge on any atom is 0.338 e. The van der Waals surface area contributed by atoms with E-state index < -0.39 is 23.1 Å². The molecule has 2 aromatic rings. The SMILES string of the molecule is C.C.CC(C)OC(=O)c1ccc([C@@H](CCC(C)(C)C)N2C(=O)C(=O)NC23CCC(C(C)(C)C)CC3)cc1.CC(C)OC(=O)c1ccc([C@@H](CCC(C)(C)C)N2C(=O)C=NC23CCC(C(C)(C)C)CC3)cc1.ClCCl. The fraction of sp³-hybridized carbons (Fsp3) is 0.705. The smallest absolute Gasteiger partial charge is 0.338 e. The highest BCUT2D eigenvalue weighted by Crippen LogP contribution is 2.50. The largest absolute Gasteiger partial charge is 0.459 e. The Balaban J connectivity index is 0.000000469. The van der Waals surface area contributed by atoms with Crippen molar-refractivity contribution >= 4 is 59.1 Å². The van der Waals surface area contributed by atoms with Crippen LogP contribution < -0.4 is 5.32 Å². The van der Waals surface area contributed by atoms with Crippen molar-refractivity contribution in [2.45, 2.75) is 238 Å². The molecule has 1 saturated heterocycles. The molecule has 2 saturated carbocycles. The number of halogens is 2. The van der Waals surface area contributed by atoms with Gasteiger partial charge in [0.05, 0.1) is 47.0 Å². The molecule has 2 heterocycles. The average molecular weight is 1070 g/mol. The van der Waals surface area contributed by atoms with Crippen LogP contribution in [0.2, 0.25) is 0 Å². The molecule has 2 aliphatic carbocycles. The number of nitrogens with one attached hydrogen (secondary N) is 1. The standard InChI is InChI=1S/C29H44N2O4.C29H44N2O3.CH2Cl2.2CH4/c1-19(2)35-26(34)21-11-9-20(10-12-21)23(15-16-27(3,4)5)31-25(33)24(32)30-29(31)17-13-22(14-18-29)28(6,7)8;1-20(2)34-26(33)22-11-9-21(10-12-22)24(15-16-27(3,4)5)31-25(32)19-30-29(31)17-13-23(14-18-29)28(6,7)8;2-1-3;;/h9-12,19,22-23H,13-18H2,1-8H3,(H,30,32);9-12,19-20,23-24H,13-18H2,1-8H3;1H2;2*1H4/t22?,23-,29?;23?,24-,29?;;;/m11.../s1. The lowest BCUT2D eigenvalue weighted by atomic mass is 9.69.